The molecule has 3 aliphatic rings. The molecule has 3 saturated carbocycles. The van der Waals surface area contributed by atoms with Gasteiger partial charge in [0.1, 0.15) is 11.7 Å². The van der Waals surface area contributed by atoms with Gasteiger partial charge in [-0.25, -0.2) is 0 Å². The molecule has 24 heavy (non-hydrogen) atoms. The Balaban J connectivity index is 1.53. The Morgan fingerprint density at radius 1 is 1.08 bits per heavy atom. The quantitative estimate of drug-likeness (QED) is 0.704. The Morgan fingerprint density at radius 2 is 1.75 bits per heavy atom. The van der Waals surface area contributed by atoms with Gasteiger partial charge >= 0.3 is 11.9 Å². The molecule has 0 N–H and O–H groups in total. The van der Waals surface area contributed by atoms with Gasteiger partial charge < -0.3 is 9.47 Å². The van der Waals surface area contributed by atoms with E-state index in [2.05, 4.69) is 6.92 Å². The lowest BCUT2D eigenvalue weighted by molar-refractivity contribution is -0.168. The van der Waals surface area contributed by atoms with Crippen LogP contribution in [0.25, 0.3) is 0 Å². The molecule has 4 atom stereocenters. The smallest absolute Gasteiger partial charge is 0.311 e. The van der Waals surface area contributed by atoms with Crippen molar-refractivity contribution in [2.24, 2.45) is 23.2 Å². The van der Waals surface area contributed by atoms with Gasteiger partial charge in [-0.1, -0.05) is 6.92 Å². The average Bonchev–Trinajstić information content (AvgIpc) is 3.22. The highest BCUT2D eigenvalue weighted by Gasteiger charge is 2.52. The van der Waals surface area contributed by atoms with Crippen molar-refractivity contribution in [1.29, 1.82) is 0 Å². The Kier molecular flexibility index (Phi) is 4.69. The van der Waals surface area contributed by atoms with E-state index in [1.807, 2.05) is 20.8 Å². The van der Waals surface area contributed by atoms with Crippen LogP contribution in [0.4, 0.5) is 0 Å². The SMILES string of the molecule is CCC(C)(C)C(=O)OC1CC2CC1CC2C(=O)OC1(C)CCCC1. The first kappa shape index (κ1) is 17.8. The molecule has 0 radical (unpaired) electrons. The van der Waals surface area contributed by atoms with Gasteiger partial charge in [0.2, 0.25) is 0 Å². The van der Waals surface area contributed by atoms with E-state index in [1.54, 1.807) is 0 Å². The molecule has 0 aliphatic heterocycles. The highest BCUT2D eigenvalue weighted by molar-refractivity contribution is 5.76. The first-order valence-electron chi connectivity index (χ1n) is 9.68. The molecular formula is C20H32O4. The maximum atomic E-state index is 12.6. The number of fused-ring (bicyclic) bond motifs is 2. The fourth-order valence-corrected chi connectivity index (χ4v) is 4.64. The van der Waals surface area contributed by atoms with Gasteiger partial charge in [-0.3, -0.25) is 9.59 Å². The van der Waals surface area contributed by atoms with E-state index in [0.29, 0.717) is 11.8 Å². The second-order valence-corrected chi connectivity index (χ2v) is 9.09. The third-order valence-electron chi connectivity index (χ3n) is 6.80. The molecule has 0 aromatic carbocycles. The summed E-state index contributed by atoms with van der Waals surface area (Å²) in [5.41, 5.74) is -0.660. The number of ether oxygens (including phenoxy) is 2. The first-order chi connectivity index (χ1) is 11.2. The van der Waals surface area contributed by atoms with Crippen LogP contribution in [0.2, 0.25) is 0 Å². The van der Waals surface area contributed by atoms with Gasteiger partial charge in [0.25, 0.3) is 0 Å². The lowest BCUT2D eigenvalue weighted by atomic mass is 9.86. The zero-order valence-corrected chi connectivity index (χ0v) is 15.6. The van der Waals surface area contributed by atoms with E-state index < -0.39 is 5.41 Å². The highest BCUT2D eigenvalue weighted by Crippen LogP contribution is 2.51. The number of carbonyl (C=O) groups excluding carboxylic acids is 2. The predicted octanol–water partition coefficient (Wildman–Crippen LogP) is 4.26. The van der Waals surface area contributed by atoms with Crippen molar-refractivity contribution in [3.05, 3.63) is 0 Å². The van der Waals surface area contributed by atoms with Gasteiger partial charge in [0, 0.05) is 0 Å². The second kappa shape index (κ2) is 6.34. The highest BCUT2D eigenvalue weighted by atomic mass is 16.6. The standard InChI is InChI=1S/C20H32O4/c1-5-19(2,3)18(22)23-16-12-13-10-14(16)11-15(13)17(21)24-20(4)8-6-7-9-20/h13-16H,5-12H2,1-4H3. The molecule has 0 spiro atoms. The Labute approximate surface area is 145 Å². The number of carbonyl (C=O) groups is 2. The Hall–Kier alpha value is -1.06. The summed E-state index contributed by atoms with van der Waals surface area (Å²) in [6.45, 7) is 7.95. The van der Waals surface area contributed by atoms with Crippen molar-refractivity contribution >= 4 is 11.9 Å². The lowest BCUT2D eigenvalue weighted by Gasteiger charge is -2.32. The normalized spacial score (nSPS) is 34.3. The van der Waals surface area contributed by atoms with Gasteiger partial charge in [-0.15, -0.1) is 0 Å². The van der Waals surface area contributed by atoms with Crippen molar-refractivity contribution in [2.45, 2.75) is 90.8 Å². The van der Waals surface area contributed by atoms with E-state index >= 15 is 0 Å². The van der Waals surface area contributed by atoms with Crippen LogP contribution in [0.5, 0.6) is 0 Å². The van der Waals surface area contributed by atoms with Crippen molar-refractivity contribution in [3.63, 3.8) is 0 Å². The van der Waals surface area contributed by atoms with Gasteiger partial charge in [-0.2, -0.15) is 0 Å². The summed E-state index contributed by atoms with van der Waals surface area (Å²) in [6, 6.07) is 0. The van der Waals surface area contributed by atoms with Crippen LogP contribution in [0.1, 0.15) is 79.1 Å². The summed E-state index contributed by atoms with van der Waals surface area (Å²) in [4.78, 5) is 24.9. The molecule has 3 rings (SSSR count). The Bertz CT molecular complexity index is 504. The summed E-state index contributed by atoms with van der Waals surface area (Å²) in [5.74, 6) is 0.572. The molecule has 2 bridgehead atoms. The number of hydrogen-bond donors (Lipinski definition) is 0. The van der Waals surface area contributed by atoms with E-state index in [-0.39, 0.29) is 29.6 Å². The Morgan fingerprint density at radius 3 is 2.29 bits per heavy atom. The number of hydrogen-bond acceptors (Lipinski definition) is 4. The maximum Gasteiger partial charge on any atom is 0.311 e. The van der Waals surface area contributed by atoms with Crippen molar-refractivity contribution < 1.29 is 19.1 Å². The van der Waals surface area contributed by atoms with Gasteiger partial charge in [-0.05, 0) is 84.0 Å². The van der Waals surface area contributed by atoms with Crippen LogP contribution in [-0.2, 0) is 19.1 Å². The summed E-state index contributed by atoms with van der Waals surface area (Å²) in [6.07, 6.45) is 7.73. The summed E-state index contributed by atoms with van der Waals surface area (Å²) in [5, 5.41) is 0. The van der Waals surface area contributed by atoms with E-state index in [9.17, 15) is 9.59 Å². The van der Waals surface area contributed by atoms with Crippen molar-refractivity contribution in [1.82, 2.24) is 0 Å². The van der Waals surface area contributed by atoms with Gasteiger partial charge in [0.05, 0.1) is 11.3 Å². The molecule has 4 nitrogen and oxygen atoms in total. The van der Waals surface area contributed by atoms with Crippen molar-refractivity contribution in [2.75, 3.05) is 0 Å². The third-order valence-corrected chi connectivity index (χ3v) is 6.80. The predicted molar refractivity (Wildman–Crippen MR) is 91.2 cm³/mol. The lowest BCUT2D eigenvalue weighted by Crippen LogP contribution is -2.37. The zero-order valence-electron chi connectivity index (χ0n) is 15.6. The molecule has 4 unspecified atom stereocenters. The van der Waals surface area contributed by atoms with Crippen LogP contribution < -0.4 is 0 Å². The van der Waals surface area contributed by atoms with Crippen LogP contribution in [-0.4, -0.2) is 23.6 Å². The van der Waals surface area contributed by atoms with Crippen LogP contribution in [0.3, 0.4) is 0 Å². The fourth-order valence-electron chi connectivity index (χ4n) is 4.64. The monoisotopic (exact) mass is 336 g/mol. The van der Waals surface area contributed by atoms with Gasteiger partial charge in [0.15, 0.2) is 0 Å². The summed E-state index contributed by atoms with van der Waals surface area (Å²) < 4.78 is 11.7. The molecule has 4 heteroatoms. The summed E-state index contributed by atoms with van der Waals surface area (Å²) >= 11 is 0. The molecule has 3 aliphatic carbocycles. The van der Waals surface area contributed by atoms with Crippen molar-refractivity contribution in [3.8, 4) is 0 Å². The molecule has 136 valence electrons. The third kappa shape index (κ3) is 3.34. The molecule has 0 aromatic heterocycles. The fraction of sp³-hybridized carbons (Fsp3) is 0.900. The second-order valence-electron chi connectivity index (χ2n) is 9.09. The maximum absolute atomic E-state index is 12.6. The molecule has 0 aromatic rings. The number of esters is 2. The minimum absolute atomic E-state index is 0.000516. The van der Waals surface area contributed by atoms with E-state index in [4.69, 9.17) is 9.47 Å². The zero-order chi connectivity index (χ0) is 17.5. The van der Waals surface area contributed by atoms with Crippen LogP contribution in [0, 0.1) is 23.2 Å². The topological polar surface area (TPSA) is 52.6 Å². The average molecular weight is 336 g/mol. The first-order valence-corrected chi connectivity index (χ1v) is 9.68. The molecule has 0 amide bonds. The molecule has 0 heterocycles. The largest absolute Gasteiger partial charge is 0.462 e. The number of rotatable bonds is 5. The van der Waals surface area contributed by atoms with E-state index in [0.717, 1.165) is 51.4 Å². The molecule has 3 fully saturated rings. The van der Waals surface area contributed by atoms with Crippen LogP contribution in [0.15, 0.2) is 0 Å². The van der Waals surface area contributed by atoms with Crippen LogP contribution >= 0.6 is 0 Å². The summed E-state index contributed by atoms with van der Waals surface area (Å²) in [7, 11) is 0. The molecule has 0 saturated heterocycles. The minimum atomic E-state index is -0.419. The molecular weight excluding hydrogens is 304 g/mol. The van der Waals surface area contributed by atoms with E-state index in [1.165, 1.54) is 0 Å². The minimum Gasteiger partial charge on any atom is -0.462 e.